The van der Waals surface area contributed by atoms with E-state index in [2.05, 4.69) is 22.1 Å². The zero-order chi connectivity index (χ0) is 30.3. The molecular formula is C33H40N6O4. The number of ether oxygens (including phenoxy) is 2. The number of likely N-dealkylation sites (tertiary alicyclic amines) is 1. The average molecular weight is 585 g/mol. The van der Waals surface area contributed by atoms with Gasteiger partial charge in [0.2, 0.25) is 11.8 Å². The highest BCUT2D eigenvalue weighted by atomic mass is 16.5. The standard InChI is InChI=1S/C33H40N6O4/c1-4-31(40)36-27-20-25(12-10-22(27)2)43-32-28(38-16-6-5-7-17-38)14-15-30(37-32)35-26-13-11-23(19-29(26)42-3)33(41)39-18-8-9-24(34)21-39/h4,10-15,19-20,24H,1,5-9,16-18,21,34H2,2-3H3,(H,35,37)(H,36,40). The van der Waals surface area contributed by atoms with E-state index < -0.39 is 0 Å². The van der Waals surface area contributed by atoms with E-state index in [9.17, 15) is 9.59 Å². The highest BCUT2D eigenvalue weighted by Crippen LogP contribution is 2.37. The van der Waals surface area contributed by atoms with Gasteiger partial charge < -0.3 is 35.6 Å². The van der Waals surface area contributed by atoms with Crippen molar-refractivity contribution in [2.45, 2.75) is 45.1 Å². The molecule has 2 saturated heterocycles. The summed E-state index contributed by atoms with van der Waals surface area (Å²) in [6.45, 7) is 8.55. The summed E-state index contributed by atoms with van der Waals surface area (Å²) in [6, 6.07) is 14.8. The molecule has 3 aromatic rings. The van der Waals surface area contributed by atoms with E-state index in [1.54, 1.807) is 30.2 Å². The summed E-state index contributed by atoms with van der Waals surface area (Å²) in [5.74, 6) is 1.73. The largest absolute Gasteiger partial charge is 0.495 e. The van der Waals surface area contributed by atoms with Crippen LogP contribution in [0.4, 0.5) is 22.9 Å². The minimum absolute atomic E-state index is 0.00771. The lowest BCUT2D eigenvalue weighted by molar-refractivity contribution is -0.111. The maximum atomic E-state index is 13.1. The summed E-state index contributed by atoms with van der Waals surface area (Å²) in [7, 11) is 1.58. The van der Waals surface area contributed by atoms with Gasteiger partial charge >= 0.3 is 0 Å². The zero-order valence-corrected chi connectivity index (χ0v) is 24.9. The molecule has 2 fully saturated rings. The van der Waals surface area contributed by atoms with Crippen LogP contribution >= 0.6 is 0 Å². The summed E-state index contributed by atoms with van der Waals surface area (Å²) >= 11 is 0. The Balaban J connectivity index is 1.41. The van der Waals surface area contributed by atoms with Crippen LogP contribution in [0.3, 0.4) is 0 Å². The molecule has 10 nitrogen and oxygen atoms in total. The molecule has 43 heavy (non-hydrogen) atoms. The van der Waals surface area contributed by atoms with Crippen LogP contribution in [-0.4, -0.2) is 61.0 Å². The van der Waals surface area contributed by atoms with Crippen molar-refractivity contribution in [1.82, 2.24) is 9.88 Å². The fourth-order valence-corrected chi connectivity index (χ4v) is 5.49. The summed E-state index contributed by atoms with van der Waals surface area (Å²) in [4.78, 5) is 34.0. The van der Waals surface area contributed by atoms with Crippen molar-refractivity contribution < 1.29 is 19.1 Å². The first-order valence-corrected chi connectivity index (χ1v) is 14.8. The number of amides is 2. The lowest BCUT2D eigenvalue weighted by atomic mass is 10.0. The summed E-state index contributed by atoms with van der Waals surface area (Å²) in [5.41, 5.74) is 9.76. The number of hydrogen-bond donors (Lipinski definition) is 3. The van der Waals surface area contributed by atoms with E-state index in [1.807, 2.05) is 37.3 Å². The third-order valence-corrected chi connectivity index (χ3v) is 7.86. The molecule has 0 spiro atoms. The minimum atomic E-state index is -0.292. The third kappa shape index (κ3) is 7.26. The molecule has 1 aromatic heterocycles. The van der Waals surface area contributed by atoms with Crippen LogP contribution in [0.15, 0.2) is 61.2 Å². The Bertz CT molecular complexity index is 1490. The molecule has 0 bridgehead atoms. The van der Waals surface area contributed by atoms with Gasteiger partial charge in [0.05, 0.1) is 12.8 Å². The molecule has 10 heteroatoms. The summed E-state index contributed by atoms with van der Waals surface area (Å²) < 4.78 is 12.0. The molecule has 3 heterocycles. The number of nitrogens with one attached hydrogen (secondary N) is 2. The van der Waals surface area contributed by atoms with Gasteiger partial charge in [0.1, 0.15) is 23.0 Å². The molecule has 2 aliphatic heterocycles. The zero-order valence-electron chi connectivity index (χ0n) is 24.9. The number of aromatic nitrogens is 1. The lowest BCUT2D eigenvalue weighted by Crippen LogP contribution is -2.45. The lowest BCUT2D eigenvalue weighted by Gasteiger charge is -2.31. The van der Waals surface area contributed by atoms with Crippen LogP contribution in [0.5, 0.6) is 17.4 Å². The maximum Gasteiger partial charge on any atom is 0.254 e. The molecule has 226 valence electrons. The first kappa shape index (κ1) is 29.9. The number of carbonyl (C=O) groups excluding carboxylic acids is 2. The van der Waals surface area contributed by atoms with E-state index >= 15 is 0 Å². The first-order chi connectivity index (χ1) is 20.8. The Morgan fingerprint density at radius 2 is 1.84 bits per heavy atom. The number of hydrogen-bond acceptors (Lipinski definition) is 8. The van der Waals surface area contributed by atoms with Crippen LogP contribution in [0, 0.1) is 6.92 Å². The van der Waals surface area contributed by atoms with Crippen LogP contribution in [-0.2, 0) is 4.79 Å². The van der Waals surface area contributed by atoms with Crippen molar-refractivity contribution in [3.8, 4) is 17.4 Å². The summed E-state index contributed by atoms with van der Waals surface area (Å²) in [6.07, 6.45) is 6.48. The number of anilines is 4. The predicted molar refractivity (Wildman–Crippen MR) is 170 cm³/mol. The highest BCUT2D eigenvalue weighted by molar-refractivity contribution is 5.99. The van der Waals surface area contributed by atoms with Gasteiger partial charge in [0, 0.05) is 49.5 Å². The second kappa shape index (κ2) is 13.6. The Hall–Kier alpha value is -4.57. The number of pyridine rings is 1. The Morgan fingerprint density at radius 3 is 2.58 bits per heavy atom. The number of piperidine rings is 2. The second-order valence-electron chi connectivity index (χ2n) is 11.0. The molecule has 0 saturated carbocycles. The average Bonchev–Trinajstić information content (AvgIpc) is 3.03. The predicted octanol–water partition coefficient (Wildman–Crippen LogP) is 5.61. The Labute approximate surface area is 252 Å². The molecule has 0 radical (unpaired) electrons. The molecule has 2 aliphatic rings. The molecule has 0 aliphatic carbocycles. The van der Waals surface area contributed by atoms with Gasteiger partial charge in [0.15, 0.2) is 0 Å². The Morgan fingerprint density at radius 1 is 1.02 bits per heavy atom. The van der Waals surface area contributed by atoms with Crippen LogP contribution in [0.2, 0.25) is 0 Å². The van der Waals surface area contributed by atoms with Crippen molar-refractivity contribution in [3.05, 3.63) is 72.3 Å². The van der Waals surface area contributed by atoms with E-state index in [0.717, 1.165) is 50.0 Å². The molecule has 2 amide bonds. The molecule has 2 aromatic carbocycles. The second-order valence-corrected chi connectivity index (χ2v) is 11.0. The molecular weight excluding hydrogens is 544 g/mol. The van der Waals surface area contributed by atoms with Crippen molar-refractivity contribution in [1.29, 1.82) is 0 Å². The van der Waals surface area contributed by atoms with Gasteiger partial charge in [-0.05, 0) is 87.1 Å². The van der Waals surface area contributed by atoms with Gasteiger partial charge in [-0.25, -0.2) is 0 Å². The maximum absolute atomic E-state index is 13.1. The van der Waals surface area contributed by atoms with Gasteiger partial charge in [-0.3, -0.25) is 9.59 Å². The highest BCUT2D eigenvalue weighted by Gasteiger charge is 2.24. The van der Waals surface area contributed by atoms with Gasteiger partial charge in [-0.2, -0.15) is 4.98 Å². The molecule has 4 N–H and O–H groups in total. The van der Waals surface area contributed by atoms with E-state index in [1.165, 1.54) is 12.5 Å². The first-order valence-electron chi connectivity index (χ1n) is 14.8. The minimum Gasteiger partial charge on any atom is -0.495 e. The fraction of sp³-hybridized carbons (Fsp3) is 0.364. The molecule has 5 rings (SSSR count). The number of methoxy groups -OCH3 is 1. The van der Waals surface area contributed by atoms with Crippen LogP contribution < -0.4 is 30.7 Å². The molecule has 1 atom stereocenters. The van der Waals surface area contributed by atoms with Gasteiger partial charge in [0.25, 0.3) is 5.91 Å². The van der Waals surface area contributed by atoms with Crippen molar-refractivity contribution in [2.24, 2.45) is 5.73 Å². The summed E-state index contributed by atoms with van der Waals surface area (Å²) in [5, 5.41) is 6.17. The van der Waals surface area contributed by atoms with Crippen molar-refractivity contribution >= 4 is 34.7 Å². The van der Waals surface area contributed by atoms with Gasteiger partial charge in [-0.15, -0.1) is 0 Å². The number of aryl methyl sites for hydroxylation is 1. The van der Waals surface area contributed by atoms with E-state index in [-0.39, 0.29) is 17.9 Å². The number of nitrogens with zero attached hydrogens (tertiary/aromatic N) is 3. The van der Waals surface area contributed by atoms with E-state index in [4.69, 9.17) is 20.2 Å². The monoisotopic (exact) mass is 584 g/mol. The third-order valence-electron chi connectivity index (χ3n) is 7.86. The topological polar surface area (TPSA) is 122 Å². The van der Waals surface area contributed by atoms with Gasteiger partial charge in [-0.1, -0.05) is 12.6 Å². The number of carbonyl (C=O) groups is 2. The van der Waals surface area contributed by atoms with Crippen LogP contribution in [0.1, 0.15) is 48.0 Å². The van der Waals surface area contributed by atoms with Crippen molar-refractivity contribution in [3.63, 3.8) is 0 Å². The number of benzene rings is 2. The van der Waals surface area contributed by atoms with Crippen LogP contribution in [0.25, 0.3) is 0 Å². The fourth-order valence-electron chi connectivity index (χ4n) is 5.49. The number of nitrogens with two attached hydrogens (primary N) is 1. The smallest absolute Gasteiger partial charge is 0.254 e. The molecule has 1 unspecified atom stereocenters. The quantitative estimate of drug-likeness (QED) is 0.278. The Kier molecular flexibility index (Phi) is 9.46. The van der Waals surface area contributed by atoms with E-state index in [0.29, 0.717) is 53.2 Å². The normalized spacial score (nSPS) is 16.8. The van der Waals surface area contributed by atoms with Crippen molar-refractivity contribution in [2.75, 3.05) is 48.8 Å². The number of rotatable bonds is 9. The SMILES string of the molecule is C=CC(=O)Nc1cc(Oc2nc(Nc3ccc(C(=O)N4CCCC(N)C4)cc3OC)ccc2N2CCCCC2)ccc1C.